The molecule has 6 aliphatic rings. The van der Waals surface area contributed by atoms with Crippen LogP contribution in [-0.2, 0) is 19.1 Å². The van der Waals surface area contributed by atoms with Gasteiger partial charge < -0.3 is 20.3 Å². The normalized spacial score (nSPS) is 34.6. The smallest absolute Gasteiger partial charge is 0.309 e. The van der Waals surface area contributed by atoms with E-state index in [-0.39, 0.29) is 36.2 Å². The van der Waals surface area contributed by atoms with Gasteiger partial charge in [0.05, 0.1) is 12.3 Å². The Hall–Kier alpha value is -2.07. The number of esters is 1. The van der Waals surface area contributed by atoms with E-state index in [9.17, 15) is 14.4 Å². The molecule has 4 saturated carbocycles. The molecule has 1 unspecified atom stereocenters. The first-order chi connectivity index (χ1) is 17.5. The molecule has 0 radical (unpaired) electrons. The molecule has 7 heteroatoms. The standard InChI is InChI=1S/C29H43N3O4/c1-2-25(17-27(34)36-28-23-13-20-12-21(15-23)16-24(28)14-20)31-29(35)22-4-3-11-32(18-22)26(33)6-5-19-7-9-30-10-8-19/h1,19-25,28,30H,3-18H2,(H,31,35)/t20?,21?,22-,23?,24?,25?,28?/m1/s1. The SMILES string of the molecule is C#CC(CC(=O)OC1C2CC3CC(C2)CC1C3)NC(=O)[C@@H]1CCCN(C(=O)CCC2CCNCC2)C1. The van der Waals surface area contributed by atoms with E-state index in [4.69, 9.17) is 11.2 Å². The maximum absolute atomic E-state index is 13.0. The summed E-state index contributed by atoms with van der Waals surface area (Å²) in [6, 6.07) is -0.673. The summed E-state index contributed by atoms with van der Waals surface area (Å²) in [6.45, 7) is 3.23. The van der Waals surface area contributed by atoms with E-state index in [0.717, 1.165) is 57.0 Å². The first-order valence-electron chi connectivity index (χ1n) is 14.4. The molecule has 0 spiro atoms. The van der Waals surface area contributed by atoms with Crippen molar-refractivity contribution in [3.8, 4) is 12.3 Å². The van der Waals surface area contributed by atoms with Gasteiger partial charge in [-0.2, -0.15) is 0 Å². The first kappa shape index (κ1) is 25.6. The van der Waals surface area contributed by atoms with Crippen molar-refractivity contribution in [3.63, 3.8) is 0 Å². The predicted molar refractivity (Wildman–Crippen MR) is 136 cm³/mol. The van der Waals surface area contributed by atoms with Gasteiger partial charge in [0.15, 0.2) is 0 Å². The summed E-state index contributed by atoms with van der Waals surface area (Å²) in [7, 11) is 0. The third-order valence-electron chi connectivity index (χ3n) is 9.67. The van der Waals surface area contributed by atoms with Crippen molar-refractivity contribution in [1.29, 1.82) is 0 Å². The number of hydrogen-bond acceptors (Lipinski definition) is 5. The fraction of sp³-hybridized carbons (Fsp3) is 0.828. The Morgan fingerprint density at radius 1 is 1.03 bits per heavy atom. The molecule has 7 nitrogen and oxygen atoms in total. The van der Waals surface area contributed by atoms with Crippen LogP contribution in [0.15, 0.2) is 0 Å². The molecule has 2 amide bonds. The van der Waals surface area contributed by atoms with Crippen molar-refractivity contribution in [3.05, 3.63) is 0 Å². The van der Waals surface area contributed by atoms with Crippen LogP contribution in [0.3, 0.4) is 0 Å². The maximum atomic E-state index is 13.0. The fourth-order valence-electron chi connectivity index (χ4n) is 7.95. The van der Waals surface area contributed by atoms with Gasteiger partial charge in [0.1, 0.15) is 12.1 Å². The summed E-state index contributed by atoms with van der Waals surface area (Å²) < 4.78 is 5.97. The highest BCUT2D eigenvalue weighted by Gasteiger charge is 2.50. The van der Waals surface area contributed by atoms with E-state index < -0.39 is 6.04 Å². The Kier molecular flexibility index (Phi) is 8.20. The highest BCUT2D eigenvalue weighted by molar-refractivity contribution is 5.82. The molecule has 4 bridgehead atoms. The van der Waals surface area contributed by atoms with Crippen LogP contribution in [0.5, 0.6) is 0 Å². The molecule has 2 atom stereocenters. The quantitative estimate of drug-likeness (QED) is 0.398. The van der Waals surface area contributed by atoms with Crippen molar-refractivity contribution in [2.24, 2.45) is 35.5 Å². The lowest BCUT2D eigenvalue weighted by molar-refractivity contribution is -0.171. The van der Waals surface area contributed by atoms with E-state index >= 15 is 0 Å². The van der Waals surface area contributed by atoms with E-state index in [2.05, 4.69) is 16.6 Å². The second-order valence-corrected chi connectivity index (χ2v) is 12.2. The monoisotopic (exact) mass is 497 g/mol. The number of amides is 2. The zero-order chi connectivity index (χ0) is 25.1. The molecule has 2 aliphatic heterocycles. The minimum absolute atomic E-state index is 0.0106. The van der Waals surface area contributed by atoms with Crippen LogP contribution >= 0.6 is 0 Å². The summed E-state index contributed by atoms with van der Waals surface area (Å²) in [5.74, 6) is 5.27. The van der Waals surface area contributed by atoms with Crippen LogP contribution in [0, 0.1) is 47.9 Å². The Bertz CT molecular complexity index is 833. The molecule has 0 aromatic rings. The minimum Gasteiger partial charge on any atom is -0.462 e. The number of ether oxygens (including phenoxy) is 1. The van der Waals surface area contributed by atoms with Gasteiger partial charge in [-0.3, -0.25) is 14.4 Å². The average molecular weight is 498 g/mol. The Morgan fingerprint density at radius 2 is 1.72 bits per heavy atom. The highest BCUT2D eigenvalue weighted by atomic mass is 16.5. The summed E-state index contributed by atoms with van der Waals surface area (Å²) in [5.41, 5.74) is 0. The number of terminal acetylenes is 1. The lowest BCUT2D eigenvalue weighted by Gasteiger charge is -2.53. The topological polar surface area (TPSA) is 87.7 Å². The van der Waals surface area contributed by atoms with Gasteiger partial charge in [-0.1, -0.05) is 5.92 Å². The van der Waals surface area contributed by atoms with Gasteiger partial charge in [0.2, 0.25) is 11.8 Å². The fourth-order valence-corrected chi connectivity index (χ4v) is 7.95. The number of carbonyl (C=O) groups excluding carboxylic acids is 3. The van der Waals surface area contributed by atoms with Crippen LogP contribution in [0.25, 0.3) is 0 Å². The zero-order valence-electron chi connectivity index (χ0n) is 21.6. The van der Waals surface area contributed by atoms with Crippen LogP contribution in [0.2, 0.25) is 0 Å². The van der Waals surface area contributed by atoms with Crippen molar-refractivity contribution < 1.29 is 19.1 Å². The van der Waals surface area contributed by atoms with Crippen molar-refractivity contribution in [2.75, 3.05) is 26.2 Å². The molecular formula is C29H43N3O4. The number of rotatable bonds is 8. The number of likely N-dealkylation sites (tertiary alicyclic amines) is 1. The molecule has 2 heterocycles. The molecule has 2 saturated heterocycles. The molecule has 198 valence electrons. The average Bonchev–Trinajstić information content (AvgIpc) is 2.89. The van der Waals surface area contributed by atoms with Crippen molar-refractivity contribution in [2.45, 2.75) is 89.2 Å². The summed E-state index contributed by atoms with van der Waals surface area (Å²) in [5, 5.41) is 6.26. The maximum Gasteiger partial charge on any atom is 0.309 e. The lowest BCUT2D eigenvalue weighted by Crippen LogP contribution is -2.50. The summed E-state index contributed by atoms with van der Waals surface area (Å²) in [4.78, 5) is 40.4. The molecule has 36 heavy (non-hydrogen) atoms. The molecular weight excluding hydrogens is 454 g/mol. The summed E-state index contributed by atoms with van der Waals surface area (Å²) >= 11 is 0. The Labute approximate surface area is 215 Å². The number of nitrogens with one attached hydrogen (secondary N) is 2. The van der Waals surface area contributed by atoms with Crippen LogP contribution in [0.4, 0.5) is 0 Å². The van der Waals surface area contributed by atoms with Crippen LogP contribution in [-0.4, -0.2) is 61.0 Å². The van der Waals surface area contributed by atoms with Gasteiger partial charge in [0, 0.05) is 19.5 Å². The number of hydrogen-bond donors (Lipinski definition) is 2. The molecule has 0 aromatic carbocycles. The zero-order valence-corrected chi connectivity index (χ0v) is 21.6. The van der Waals surface area contributed by atoms with Crippen molar-refractivity contribution >= 4 is 17.8 Å². The number of piperidine rings is 2. The van der Waals surface area contributed by atoms with E-state index in [1.807, 2.05) is 4.90 Å². The molecule has 0 aromatic heterocycles. The highest BCUT2D eigenvalue weighted by Crippen LogP contribution is 2.54. The molecule has 6 fully saturated rings. The number of nitrogens with zero attached hydrogens (tertiary/aromatic N) is 1. The van der Waals surface area contributed by atoms with Crippen LogP contribution < -0.4 is 10.6 Å². The molecule has 6 rings (SSSR count). The van der Waals surface area contributed by atoms with Gasteiger partial charge in [-0.05, 0) is 107 Å². The van der Waals surface area contributed by atoms with Crippen LogP contribution in [0.1, 0.15) is 77.0 Å². The Balaban J connectivity index is 1.06. The van der Waals surface area contributed by atoms with Gasteiger partial charge in [-0.15, -0.1) is 6.42 Å². The van der Waals surface area contributed by atoms with Crippen molar-refractivity contribution in [1.82, 2.24) is 15.5 Å². The van der Waals surface area contributed by atoms with E-state index in [1.165, 1.54) is 32.1 Å². The minimum atomic E-state index is -0.673. The van der Waals surface area contributed by atoms with E-state index in [1.54, 1.807) is 0 Å². The van der Waals surface area contributed by atoms with Gasteiger partial charge in [-0.25, -0.2) is 0 Å². The second kappa shape index (κ2) is 11.5. The largest absolute Gasteiger partial charge is 0.462 e. The van der Waals surface area contributed by atoms with E-state index in [0.29, 0.717) is 37.3 Å². The molecule has 2 N–H and O–H groups in total. The predicted octanol–water partition coefficient (Wildman–Crippen LogP) is 2.88. The third-order valence-corrected chi connectivity index (χ3v) is 9.67. The van der Waals surface area contributed by atoms with Gasteiger partial charge in [0.25, 0.3) is 0 Å². The molecule has 4 aliphatic carbocycles. The lowest BCUT2D eigenvalue weighted by atomic mass is 9.55. The second-order valence-electron chi connectivity index (χ2n) is 12.2. The summed E-state index contributed by atoms with van der Waals surface area (Å²) in [6.07, 6.45) is 17.2. The van der Waals surface area contributed by atoms with Gasteiger partial charge >= 0.3 is 5.97 Å². The number of carbonyl (C=O) groups is 3. The first-order valence-corrected chi connectivity index (χ1v) is 14.4. The third kappa shape index (κ3) is 6.07. The Morgan fingerprint density at radius 3 is 2.39 bits per heavy atom.